The second-order valence-corrected chi connectivity index (χ2v) is 4.16. The van der Waals surface area contributed by atoms with Gasteiger partial charge in [0, 0.05) is 41.7 Å². The molecule has 3 heteroatoms. The van der Waals surface area contributed by atoms with Crippen LogP contribution in [0, 0.1) is 0 Å². The van der Waals surface area contributed by atoms with Gasteiger partial charge in [0.1, 0.15) is 0 Å². The van der Waals surface area contributed by atoms with Crippen LogP contribution in [0.4, 0.5) is 0 Å². The molecule has 0 aromatic heterocycles. The van der Waals surface area contributed by atoms with Gasteiger partial charge in [0.05, 0.1) is 0 Å². The topological polar surface area (TPSA) is 9.23 Å². The van der Waals surface area contributed by atoms with Gasteiger partial charge in [-0.25, -0.2) is 0 Å². The van der Waals surface area contributed by atoms with E-state index >= 15 is 0 Å². The normalized spacial score (nSPS) is 17.6. The van der Waals surface area contributed by atoms with Gasteiger partial charge in [0.2, 0.25) is 9.76 Å². The Hall–Kier alpha value is 0.137. The summed E-state index contributed by atoms with van der Waals surface area (Å²) in [5.41, 5.74) is 3.25. The molecule has 0 fully saturated rings. The van der Waals surface area contributed by atoms with E-state index in [9.17, 15) is 0 Å². The molecule has 67 valence electrons. The summed E-state index contributed by atoms with van der Waals surface area (Å²) >= 11 is 0. The molecule has 0 spiro atoms. The van der Waals surface area contributed by atoms with Crippen LogP contribution in [0.15, 0.2) is 30.3 Å². The van der Waals surface area contributed by atoms with E-state index in [2.05, 4.69) is 36.4 Å². The van der Waals surface area contributed by atoms with Gasteiger partial charge in [0.25, 0.3) is 0 Å². The fourth-order valence-corrected chi connectivity index (χ4v) is 2.44. The van der Waals surface area contributed by atoms with Gasteiger partial charge in [-0.3, -0.25) is 0 Å². The molecule has 0 aliphatic heterocycles. The van der Waals surface area contributed by atoms with Crippen molar-refractivity contribution in [1.29, 1.82) is 0 Å². The maximum absolute atomic E-state index is 5.45. The molecule has 1 aromatic carbocycles. The Bertz CT molecular complexity index is 325. The molecule has 1 aliphatic carbocycles. The van der Waals surface area contributed by atoms with E-state index in [1.165, 1.54) is 11.1 Å². The summed E-state index contributed by atoms with van der Waals surface area (Å²) in [7, 11) is 0.566. The van der Waals surface area contributed by atoms with Crippen LogP contribution in [0.1, 0.15) is 23.6 Å². The van der Waals surface area contributed by atoms with Crippen LogP contribution in [0.2, 0.25) is 0 Å². The molecule has 0 heterocycles. The van der Waals surface area contributed by atoms with Crippen molar-refractivity contribution < 1.29 is 4.43 Å². The van der Waals surface area contributed by atoms with Crippen molar-refractivity contribution >= 4 is 45.4 Å². The van der Waals surface area contributed by atoms with E-state index in [1.807, 2.05) is 6.92 Å². The summed E-state index contributed by atoms with van der Waals surface area (Å²) in [6.45, 7) is 2.85. The molecule has 1 atom stereocenters. The molecule has 1 unspecified atom stereocenters. The fourth-order valence-electron chi connectivity index (χ4n) is 1.53. The number of allylic oxidation sites excluding steroid dienone is 1. The van der Waals surface area contributed by atoms with E-state index < -0.39 is 0 Å². The van der Waals surface area contributed by atoms with Gasteiger partial charge in [-0.05, 0) is 18.1 Å². The minimum atomic E-state index is 0. The number of benzene rings is 1. The van der Waals surface area contributed by atoms with Gasteiger partial charge < -0.3 is 4.43 Å². The third kappa shape index (κ3) is 2.58. The first-order chi connectivity index (χ1) is 6.42. The fraction of sp³-hybridized carbons (Fsp3) is 0.273. The molecular formula is C11H12NaOSi. The number of rotatable bonds is 3. The van der Waals surface area contributed by atoms with Gasteiger partial charge in [0.15, 0.2) is 0 Å². The summed E-state index contributed by atoms with van der Waals surface area (Å²) in [5, 5.41) is 0. The van der Waals surface area contributed by atoms with E-state index in [0.717, 1.165) is 6.61 Å². The van der Waals surface area contributed by atoms with Crippen molar-refractivity contribution in [2.75, 3.05) is 6.61 Å². The van der Waals surface area contributed by atoms with Crippen LogP contribution in [0.25, 0.3) is 6.08 Å². The first-order valence-corrected chi connectivity index (χ1v) is 5.55. The smallest absolute Gasteiger partial charge is 0.242 e. The largest absolute Gasteiger partial charge is 0.417 e. The Morgan fingerprint density at radius 1 is 1.36 bits per heavy atom. The van der Waals surface area contributed by atoms with Crippen molar-refractivity contribution in [3.8, 4) is 0 Å². The third-order valence-corrected chi connectivity index (χ3v) is 3.37. The number of hydrogen-bond acceptors (Lipinski definition) is 1. The first kappa shape index (κ1) is 12.2. The first-order valence-electron chi connectivity index (χ1n) is 4.56. The van der Waals surface area contributed by atoms with Crippen LogP contribution < -0.4 is 0 Å². The van der Waals surface area contributed by atoms with E-state index in [1.54, 1.807) is 0 Å². The maximum atomic E-state index is 5.45. The SMILES string of the molecule is CCO[Si]C1C=Cc2ccccc21.[Na]. The molecule has 0 saturated carbocycles. The molecule has 0 amide bonds. The third-order valence-electron chi connectivity index (χ3n) is 2.15. The van der Waals surface area contributed by atoms with Crippen LogP contribution >= 0.6 is 0 Å². The zero-order valence-electron chi connectivity index (χ0n) is 8.66. The predicted molar refractivity (Wildman–Crippen MR) is 61.4 cm³/mol. The minimum absolute atomic E-state index is 0. The molecule has 0 bridgehead atoms. The zero-order valence-corrected chi connectivity index (χ0v) is 11.7. The van der Waals surface area contributed by atoms with E-state index in [4.69, 9.17) is 4.43 Å². The quantitative estimate of drug-likeness (QED) is 0.695. The molecule has 1 nitrogen and oxygen atoms in total. The molecule has 0 saturated heterocycles. The number of fused-ring (bicyclic) bond motifs is 1. The standard InChI is InChI=1S/C11H12OSi.Na/c1-2-12-13-11-8-7-9-5-3-4-6-10(9)11;/h3-8,11H,2H2,1H3;. The van der Waals surface area contributed by atoms with Crippen LogP contribution in [0.3, 0.4) is 0 Å². The van der Waals surface area contributed by atoms with Gasteiger partial charge >= 0.3 is 0 Å². The summed E-state index contributed by atoms with van der Waals surface area (Å²) in [6, 6.07) is 8.51. The zero-order chi connectivity index (χ0) is 9.10. The average molecular weight is 211 g/mol. The van der Waals surface area contributed by atoms with Gasteiger partial charge in [-0.1, -0.05) is 36.4 Å². The van der Waals surface area contributed by atoms with Gasteiger partial charge in [-0.15, -0.1) is 0 Å². The van der Waals surface area contributed by atoms with Crippen LogP contribution in [0.5, 0.6) is 0 Å². The monoisotopic (exact) mass is 211 g/mol. The predicted octanol–water partition coefficient (Wildman–Crippen LogP) is 2.03. The average Bonchev–Trinajstić information content (AvgIpc) is 2.58. The molecule has 1 aromatic rings. The Labute approximate surface area is 110 Å². The van der Waals surface area contributed by atoms with Crippen LogP contribution in [-0.2, 0) is 4.43 Å². The van der Waals surface area contributed by atoms with Gasteiger partial charge in [-0.2, -0.15) is 0 Å². The Morgan fingerprint density at radius 2 is 2.14 bits per heavy atom. The molecule has 3 radical (unpaired) electrons. The summed E-state index contributed by atoms with van der Waals surface area (Å²) < 4.78 is 5.45. The summed E-state index contributed by atoms with van der Waals surface area (Å²) in [5.74, 6) is 0. The Morgan fingerprint density at radius 3 is 2.93 bits per heavy atom. The number of hydrogen-bond donors (Lipinski definition) is 0. The molecular weight excluding hydrogens is 199 g/mol. The van der Waals surface area contributed by atoms with Crippen molar-refractivity contribution in [3.05, 3.63) is 41.5 Å². The van der Waals surface area contributed by atoms with Crippen molar-refractivity contribution in [3.63, 3.8) is 0 Å². The minimum Gasteiger partial charge on any atom is -0.417 e. The van der Waals surface area contributed by atoms with E-state index in [-0.39, 0.29) is 29.6 Å². The summed E-state index contributed by atoms with van der Waals surface area (Å²) in [6.07, 6.45) is 4.42. The maximum Gasteiger partial charge on any atom is 0.242 e. The molecule has 2 rings (SSSR count). The Balaban J connectivity index is 0.000000980. The van der Waals surface area contributed by atoms with Crippen molar-refractivity contribution in [2.45, 2.75) is 12.5 Å². The second-order valence-electron chi connectivity index (χ2n) is 3.02. The molecule has 14 heavy (non-hydrogen) atoms. The Kier molecular flexibility index (Phi) is 5.13. The molecule has 1 aliphatic rings. The molecule has 0 N–H and O–H groups in total. The van der Waals surface area contributed by atoms with Crippen molar-refractivity contribution in [1.82, 2.24) is 0 Å². The van der Waals surface area contributed by atoms with E-state index in [0.29, 0.717) is 15.3 Å². The summed E-state index contributed by atoms with van der Waals surface area (Å²) in [4.78, 5) is 0. The van der Waals surface area contributed by atoms with Crippen LogP contribution in [-0.4, -0.2) is 45.9 Å². The van der Waals surface area contributed by atoms with Crippen molar-refractivity contribution in [2.24, 2.45) is 0 Å². The second kappa shape index (κ2) is 5.88.